The van der Waals surface area contributed by atoms with E-state index in [1.165, 1.54) is 12.1 Å². The molecule has 25 heavy (non-hydrogen) atoms. The van der Waals surface area contributed by atoms with Crippen molar-refractivity contribution in [2.24, 2.45) is 0 Å². The minimum Gasteiger partial charge on any atom is -0.361 e. The number of carbonyl (C=O) groups is 1. The first-order chi connectivity index (χ1) is 12.0. The number of aromatic nitrogens is 2. The number of hydrogen-bond acceptors (Lipinski definition) is 4. The summed E-state index contributed by atoms with van der Waals surface area (Å²) in [4.78, 5) is 44.4. The Kier molecular flexibility index (Phi) is 4.56. The van der Waals surface area contributed by atoms with Gasteiger partial charge in [0, 0.05) is 43.7 Å². The van der Waals surface area contributed by atoms with E-state index in [9.17, 15) is 14.4 Å². The van der Waals surface area contributed by atoms with Crippen molar-refractivity contribution in [1.82, 2.24) is 14.9 Å². The van der Waals surface area contributed by atoms with Gasteiger partial charge in [-0.15, -0.1) is 0 Å². The quantitative estimate of drug-likeness (QED) is 0.793. The fraction of sp³-hybridized carbons (Fsp3) is 0.278. The highest BCUT2D eigenvalue weighted by molar-refractivity contribution is 5.87. The third-order valence-electron chi connectivity index (χ3n) is 4.43. The molecule has 0 spiro atoms. The summed E-state index contributed by atoms with van der Waals surface area (Å²) in [6, 6.07) is 5.14. The van der Waals surface area contributed by atoms with Crippen LogP contribution in [0, 0.1) is 0 Å². The molecule has 2 aromatic rings. The van der Waals surface area contributed by atoms with Crippen molar-refractivity contribution >= 4 is 11.6 Å². The van der Waals surface area contributed by atoms with Gasteiger partial charge in [-0.25, -0.2) is 0 Å². The first-order valence-electron chi connectivity index (χ1n) is 8.13. The van der Waals surface area contributed by atoms with Crippen LogP contribution in [-0.4, -0.2) is 46.5 Å². The largest absolute Gasteiger partial charge is 0.361 e. The Morgan fingerprint density at radius 2 is 2.08 bits per heavy atom. The lowest BCUT2D eigenvalue weighted by Gasteiger charge is -2.45. The number of likely N-dealkylation sites (N-methyl/N-ethyl adjacent to an activating group) is 1. The van der Waals surface area contributed by atoms with Gasteiger partial charge in [0.15, 0.2) is 0 Å². The number of aromatic amines is 2. The van der Waals surface area contributed by atoms with Crippen LogP contribution >= 0.6 is 0 Å². The van der Waals surface area contributed by atoms with Crippen molar-refractivity contribution in [2.45, 2.75) is 13.0 Å². The molecule has 3 heterocycles. The summed E-state index contributed by atoms with van der Waals surface area (Å²) >= 11 is 0. The zero-order chi connectivity index (χ0) is 18.0. The molecular formula is C18H20N4O3. The lowest BCUT2D eigenvalue weighted by molar-refractivity contribution is -0.130. The van der Waals surface area contributed by atoms with Crippen LogP contribution in [0.3, 0.4) is 0 Å². The first-order valence-corrected chi connectivity index (χ1v) is 8.13. The van der Waals surface area contributed by atoms with Gasteiger partial charge in [0.25, 0.3) is 5.56 Å². The standard InChI is InChI=1S/C18H20N4O3/c1-3-17(24)21-10-14(11-21)22(4-2)15-7-13(9-20-18(15)25)12-5-6-19-16(23)8-12/h3,5-9,14H,1,4,10-11H2,2H3,(H,19,23)(H,20,25). The first kappa shape index (κ1) is 16.8. The van der Waals surface area contributed by atoms with Gasteiger partial charge in [0.05, 0.1) is 6.04 Å². The summed E-state index contributed by atoms with van der Waals surface area (Å²) < 4.78 is 0. The Morgan fingerprint density at radius 3 is 2.72 bits per heavy atom. The molecule has 3 rings (SSSR count). The summed E-state index contributed by atoms with van der Waals surface area (Å²) in [5, 5.41) is 0. The lowest BCUT2D eigenvalue weighted by Crippen LogP contribution is -2.61. The van der Waals surface area contributed by atoms with Crippen LogP contribution in [0.4, 0.5) is 5.69 Å². The highest BCUT2D eigenvalue weighted by atomic mass is 16.2. The van der Waals surface area contributed by atoms with E-state index < -0.39 is 0 Å². The van der Waals surface area contributed by atoms with E-state index >= 15 is 0 Å². The van der Waals surface area contributed by atoms with Crippen LogP contribution in [0.25, 0.3) is 11.1 Å². The average Bonchev–Trinajstić information content (AvgIpc) is 2.58. The average molecular weight is 340 g/mol. The molecule has 1 amide bonds. The maximum absolute atomic E-state index is 12.3. The van der Waals surface area contributed by atoms with Gasteiger partial charge in [-0.3, -0.25) is 14.4 Å². The Labute approximate surface area is 144 Å². The van der Waals surface area contributed by atoms with Crippen LogP contribution in [0.2, 0.25) is 0 Å². The number of rotatable bonds is 5. The normalized spacial score (nSPS) is 14.0. The molecule has 0 bridgehead atoms. The molecule has 2 N–H and O–H groups in total. The van der Waals surface area contributed by atoms with Crippen LogP contribution in [-0.2, 0) is 4.79 Å². The van der Waals surface area contributed by atoms with Crippen LogP contribution in [0.5, 0.6) is 0 Å². The van der Waals surface area contributed by atoms with E-state index in [-0.39, 0.29) is 23.1 Å². The molecule has 0 saturated carbocycles. The third-order valence-corrected chi connectivity index (χ3v) is 4.43. The molecule has 1 aliphatic rings. The second-order valence-corrected chi connectivity index (χ2v) is 5.93. The lowest BCUT2D eigenvalue weighted by atomic mass is 10.0. The smallest absolute Gasteiger partial charge is 0.271 e. The summed E-state index contributed by atoms with van der Waals surface area (Å²) in [7, 11) is 0. The molecule has 0 atom stereocenters. The third kappa shape index (κ3) is 3.26. The molecule has 0 radical (unpaired) electrons. The van der Waals surface area contributed by atoms with E-state index in [0.29, 0.717) is 25.3 Å². The summed E-state index contributed by atoms with van der Waals surface area (Å²) in [6.45, 7) is 7.23. The zero-order valence-corrected chi connectivity index (χ0v) is 14.0. The number of hydrogen-bond donors (Lipinski definition) is 2. The number of nitrogens with zero attached hydrogens (tertiary/aromatic N) is 2. The van der Waals surface area contributed by atoms with E-state index in [0.717, 1.165) is 11.1 Å². The van der Waals surface area contributed by atoms with Gasteiger partial charge < -0.3 is 19.8 Å². The predicted molar refractivity (Wildman–Crippen MR) is 96.7 cm³/mol. The Balaban J connectivity index is 1.89. The fourth-order valence-corrected chi connectivity index (χ4v) is 3.06. The van der Waals surface area contributed by atoms with E-state index in [2.05, 4.69) is 16.5 Å². The van der Waals surface area contributed by atoms with Crippen molar-refractivity contribution in [1.29, 1.82) is 0 Å². The SMILES string of the molecule is C=CC(=O)N1CC(N(CC)c2cc(-c3cc[nH]c(=O)c3)c[nH]c2=O)C1. The zero-order valence-electron chi connectivity index (χ0n) is 14.0. The van der Waals surface area contributed by atoms with Gasteiger partial charge in [-0.2, -0.15) is 0 Å². The Morgan fingerprint density at radius 1 is 1.32 bits per heavy atom. The van der Waals surface area contributed by atoms with E-state index in [1.54, 1.807) is 29.4 Å². The number of pyridine rings is 2. The van der Waals surface area contributed by atoms with Gasteiger partial charge in [0.2, 0.25) is 11.5 Å². The van der Waals surface area contributed by atoms with Crippen LogP contribution in [0.1, 0.15) is 6.92 Å². The number of likely N-dealkylation sites (tertiary alicyclic amines) is 1. The summed E-state index contributed by atoms with van der Waals surface area (Å²) in [5.41, 5.74) is 1.64. The minimum atomic E-state index is -0.199. The summed E-state index contributed by atoms with van der Waals surface area (Å²) in [6.07, 6.45) is 4.47. The van der Waals surface area contributed by atoms with Crippen molar-refractivity contribution < 1.29 is 4.79 Å². The van der Waals surface area contributed by atoms with Crippen molar-refractivity contribution in [3.8, 4) is 11.1 Å². The molecule has 130 valence electrons. The van der Waals surface area contributed by atoms with Crippen LogP contribution in [0.15, 0.2) is 52.8 Å². The second kappa shape index (κ2) is 6.80. The molecule has 7 nitrogen and oxygen atoms in total. The molecule has 0 unspecified atom stereocenters. The Bertz CT molecular complexity index is 909. The number of H-pyrrole nitrogens is 2. The highest BCUT2D eigenvalue weighted by Gasteiger charge is 2.34. The molecule has 7 heteroatoms. The van der Waals surface area contributed by atoms with E-state index in [4.69, 9.17) is 0 Å². The van der Waals surface area contributed by atoms with Gasteiger partial charge in [0.1, 0.15) is 5.69 Å². The summed E-state index contributed by atoms with van der Waals surface area (Å²) in [5.74, 6) is -0.0986. The monoisotopic (exact) mass is 340 g/mol. The highest BCUT2D eigenvalue weighted by Crippen LogP contribution is 2.24. The van der Waals surface area contributed by atoms with Crippen molar-refractivity contribution in [2.75, 3.05) is 24.5 Å². The fourth-order valence-electron chi connectivity index (χ4n) is 3.06. The molecular weight excluding hydrogens is 320 g/mol. The molecule has 1 fully saturated rings. The maximum atomic E-state index is 12.3. The molecule has 0 aliphatic carbocycles. The second-order valence-electron chi connectivity index (χ2n) is 5.93. The minimum absolute atomic E-state index is 0.0874. The molecule has 2 aromatic heterocycles. The van der Waals surface area contributed by atoms with E-state index in [1.807, 2.05) is 11.8 Å². The number of nitrogens with one attached hydrogen (secondary N) is 2. The molecule has 1 saturated heterocycles. The van der Waals surface area contributed by atoms with Crippen molar-refractivity contribution in [3.63, 3.8) is 0 Å². The number of amides is 1. The molecule has 0 aromatic carbocycles. The number of anilines is 1. The topological polar surface area (TPSA) is 89.3 Å². The Hall–Kier alpha value is -3.09. The van der Waals surface area contributed by atoms with Crippen LogP contribution < -0.4 is 16.0 Å². The van der Waals surface area contributed by atoms with Crippen molar-refractivity contribution in [3.05, 3.63) is 64.0 Å². The van der Waals surface area contributed by atoms with Gasteiger partial charge >= 0.3 is 0 Å². The van der Waals surface area contributed by atoms with Gasteiger partial charge in [-0.05, 0) is 30.7 Å². The maximum Gasteiger partial charge on any atom is 0.271 e. The van der Waals surface area contributed by atoms with Gasteiger partial charge in [-0.1, -0.05) is 6.58 Å². The predicted octanol–water partition coefficient (Wildman–Crippen LogP) is 0.953. The molecule has 1 aliphatic heterocycles. The number of carbonyl (C=O) groups excluding carboxylic acids is 1.